The maximum Gasteiger partial charge on any atom is 0.248 e. The number of likely N-dealkylation sites (tertiary alicyclic amines) is 1. The van der Waals surface area contributed by atoms with Crippen LogP contribution in [0.1, 0.15) is 18.4 Å². The van der Waals surface area contributed by atoms with E-state index in [4.69, 9.17) is 4.74 Å². The molecule has 0 spiro atoms. The summed E-state index contributed by atoms with van der Waals surface area (Å²) in [6.45, 7) is 1.16. The van der Waals surface area contributed by atoms with Crippen molar-refractivity contribution >= 4 is 23.2 Å². The first-order valence-electron chi connectivity index (χ1n) is 9.20. The van der Waals surface area contributed by atoms with E-state index in [0.717, 1.165) is 24.0 Å². The highest BCUT2D eigenvalue weighted by Gasteiger charge is 2.43. The van der Waals surface area contributed by atoms with Crippen molar-refractivity contribution < 1.29 is 14.3 Å². The topological polar surface area (TPSA) is 58.6 Å². The predicted octanol–water partition coefficient (Wildman–Crippen LogP) is 2.96. The van der Waals surface area contributed by atoms with Crippen molar-refractivity contribution in [2.75, 3.05) is 33.9 Å². The van der Waals surface area contributed by atoms with E-state index in [1.54, 1.807) is 23.3 Å². The number of methoxy groups -OCH3 is 1. The third kappa shape index (κ3) is 4.39. The zero-order chi connectivity index (χ0) is 19.3. The Morgan fingerprint density at radius 3 is 2.85 bits per heavy atom. The summed E-state index contributed by atoms with van der Waals surface area (Å²) in [6.07, 6.45) is 2.20. The molecule has 3 rings (SSSR count). The van der Waals surface area contributed by atoms with E-state index < -0.39 is 5.41 Å². The van der Waals surface area contributed by atoms with Gasteiger partial charge in [-0.3, -0.25) is 9.59 Å². The van der Waals surface area contributed by atoms with Crippen LogP contribution in [0.2, 0.25) is 0 Å². The molecular formula is C21H26N2O3S. The van der Waals surface area contributed by atoms with E-state index in [1.165, 1.54) is 12.0 Å². The lowest BCUT2D eigenvalue weighted by molar-refractivity contribution is -0.143. The molecule has 1 aromatic heterocycles. The summed E-state index contributed by atoms with van der Waals surface area (Å²) in [4.78, 5) is 28.2. The number of ether oxygens (including phenoxy) is 1. The number of rotatable bonds is 6. The number of carbonyl (C=O) groups excluding carboxylic acids is 2. The van der Waals surface area contributed by atoms with E-state index in [2.05, 4.69) is 35.0 Å². The summed E-state index contributed by atoms with van der Waals surface area (Å²) < 4.78 is 5.00. The van der Waals surface area contributed by atoms with Crippen LogP contribution >= 0.6 is 11.3 Å². The summed E-state index contributed by atoms with van der Waals surface area (Å²) in [5, 5.41) is 4.89. The second-order valence-electron chi connectivity index (χ2n) is 7.07. The van der Waals surface area contributed by atoms with Gasteiger partial charge in [-0.1, -0.05) is 30.3 Å². The maximum absolute atomic E-state index is 12.9. The first-order chi connectivity index (χ1) is 13.1. The SMILES string of the molecule is CNC(=O)[C@@]1(Cc2cccc(-c3cccs3)c2)CCCN(C(=O)COC)C1. The lowest BCUT2D eigenvalue weighted by Crippen LogP contribution is -2.54. The minimum atomic E-state index is -0.607. The lowest BCUT2D eigenvalue weighted by Gasteiger charge is -2.41. The number of hydrogen-bond acceptors (Lipinski definition) is 4. The van der Waals surface area contributed by atoms with Crippen LogP contribution < -0.4 is 5.32 Å². The van der Waals surface area contributed by atoms with Crippen LogP contribution in [0.3, 0.4) is 0 Å². The smallest absolute Gasteiger partial charge is 0.248 e. The van der Waals surface area contributed by atoms with E-state index >= 15 is 0 Å². The average Bonchev–Trinajstić information content (AvgIpc) is 3.23. The van der Waals surface area contributed by atoms with Gasteiger partial charge in [0.05, 0.1) is 5.41 Å². The summed E-state index contributed by atoms with van der Waals surface area (Å²) in [5.41, 5.74) is 1.67. The summed E-state index contributed by atoms with van der Waals surface area (Å²) in [7, 11) is 3.19. The molecule has 1 aliphatic heterocycles. The first kappa shape index (κ1) is 19.6. The molecule has 144 valence electrons. The van der Waals surface area contributed by atoms with Crippen molar-refractivity contribution in [3.05, 3.63) is 47.3 Å². The number of nitrogens with zero attached hydrogens (tertiary/aromatic N) is 1. The number of thiophene rings is 1. The fourth-order valence-corrected chi connectivity index (χ4v) is 4.63. The van der Waals surface area contributed by atoms with Gasteiger partial charge in [0, 0.05) is 32.1 Å². The van der Waals surface area contributed by atoms with Gasteiger partial charge >= 0.3 is 0 Å². The van der Waals surface area contributed by atoms with Crippen LogP contribution in [0, 0.1) is 5.41 Å². The molecule has 0 radical (unpaired) electrons. The highest BCUT2D eigenvalue weighted by Crippen LogP contribution is 2.35. The minimum Gasteiger partial charge on any atom is -0.375 e. The molecule has 2 aromatic rings. The van der Waals surface area contributed by atoms with Gasteiger partial charge in [-0.2, -0.15) is 0 Å². The van der Waals surface area contributed by atoms with Crippen molar-refractivity contribution in [3.63, 3.8) is 0 Å². The molecule has 0 bridgehead atoms. The summed E-state index contributed by atoms with van der Waals surface area (Å²) in [5.74, 6) is -0.0586. The molecule has 0 saturated carbocycles. The number of piperidine rings is 1. The van der Waals surface area contributed by atoms with E-state index in [1.807, 2.05) is 12.1 Å². The van der Waals surface area contributed by atoms with Gasteiger partial charge in [0.1, 0.15) is 6.61 Å². The van der Waals surface area contributed by atoms with Crippen LogP contribution in [0.15, 0.2) is 41.8 Å². The molecule has 1 atom stereocenters. The fourth-order valence-electron chi connectivity index (χ4n) is 3.90. The van der Waals surface area contributed by atoms with Crippen LogP contribution in [0.25, 0.3) is 10.4 Å². The van der Waals surface area contributed by atoms with Crippen molar-refractivity contribution in [2.45, 2.75) is 19.3 Å². The molecule has 1 fully saturated rings. The number of carbonyl (C=O) groups is 2. The van der Waals surface area contributed by atoms with Crippen molar-refractivity contribution in [1.29, 1.82) is 0 Å². The molecule has 6 heteroatoms. The third-order valence-electron chi connectivity index (χ3n) is 5.18. The Labute approximate surface area is 164 Å². The number of nitrogens with one attached hydrogen (secondary N) is 1. The van der Waals surface area contributed by atoms with Gasteiger partial charge in [-0.15, -0.1) is 11.3 Å². The Morgan fingerprint density at radius 2 is 2.15 bits per heavy atom. The molecule has 0 unspecified atom stereocenters. The highest BCUT2D eigenvalue weighted by atomic mass is 32.1. The number of amides is 2. The minimum absolute atomic E-state index is 0.000978. The predicted molar refractivity (Wildman–Crippen MR) is 108 cm³/mol. The number of hydrogen-bond donors (Lipinski definition) is 1. The molecular weight excluding hydrogens is 360 g/mol. The summed E-state index contributed by atoms with van der Waals surface area (Å²) >= 11 is 1.70. The Kier molecular flexibility index (Phi) is 6.29. The second-order valence-corrected chi connectivity index (χ2v) is 8.01. The second kappa shape index (κ2) is 8.67. The van der Waals surface area contributed by atoms with Gasteiger partial charge in [-0.05, 0) is 41.8 Å². The van der Waals surface area contributed by atoms with E-state index in [9.17, 15) is 9.59 Å². The first-order valence-corrected chi connectivity index (χ1v) is 10.1. The molecule has 1 N–H and O–H groups in total. The molecule has 2 amide bonds. The van der Waals surface area contributed by atoms with Gasteiger partial charge in [0.15, 0.2) is 0 Å². The van der Waals surface area contributed by atoms with Crippen LogP contribution in [0.4, 0.5) is 0 Å². The molecule has 1 aliphatic rings. The molecule has 1 saturated heterocycles. The Bertz CT molecular complexity index is 790. The van der Waals surface area contributed by atoms with Crippen molar-refractivity contribution in [2.24, 2.45) is 5.41 Å². The molecule has 2 heterocycles. The zero-order valence-electron chi connectivity index (χ0n) is 15.9. The standard InChI is InChI=1S/C21H26N2O3S/c1-22-20(25)21(9-5-10-23(15-21)19(24)14-26-2)13-16-6-3-7-17(12-16)18-8-4-11-27-18/h3-4,6-8,11-12H,5,9-10,13-15H2,1-2H3,(H,22,25)/t21-/m1/s1. The van der Waals surface area contributed by atoms with E-state index in [-0.39, 0.29) is 18.4 Å². The Hall–Kier alpha value is -2.18. The molecule has 27 heavy (non-hydrogen) atoms. The van der Waals surface area contributed by atoms with Gasteiger partial charge in [0.25, 0.3) is 0 Å². The van der Waals surface area contributed by atoms with Crippen LogP contribution in [-0.2, 0) is 20.7 Å². The Morgan fingerprint density at radius 1 is 1.30 bits per heavy atom. The number of benzene rings is 1. The van der Waals surface area contributed by atoms with Crippen molar-refractivity contribution in [1.82, 2.24) is 10.2 Å². The monoisotopic (exact) mass is 386 g/mol. The normalized spacial score (nSPS) is 19.7. The van der Waals surface area contributed by atoms with Crippen LogP contribution in [0.5, 0.6) is 0 Å². The summed E-state index contributed by atoms with van der Waals surface area (Å²) in [6, 6.07) is 12.5. The Balaban J connectivity index is 1.86. The lowest BCUT2D eigenvalue weighted by atomic mass is 9.74. The largest absolute Gasteiger partial charge is 0.375 e. The molecule has 0 aliphatic carbocycles. The quantitative estimate of drug-likeness (QED) is 0.830. The molecule has 5 nitrogen and oxygen atoms in total. The van der Waals surface area contributed by atoms with Gasteiger partial charge in [0.2, 0.25) is 11.8 Å². The van der Waals surface area contributed by atoms with Gasteiger partial charge < -0.3 is 15.0 Å². The maximum atomic E-state index is 12.9. The average molecular weight is 387 g/mol. The zero-order valence-corrected chi connectivity index (χ0v) is 16.7. The third-order valence-corrected chi connectivity index (χ3v) is 6.10. The van der Waals surface area contributed by atoms with Crippen molar-refractivity contribution in [3.8, 4) is 10.4 Å². The highest BCUT2D eigenvalue weighted by molar-refractivity contribution is 7.13. The van der Waals surface area contributed by atoms with Crippen LogP contribution in [-0.4, -0.2) is 50.6 Å². The fraction of sp³-hybridized carbons (Fsp3) is 0.429. The van der Waals surface area contributed by atoms with E-state index in [0.29, 0.717) is 19.5 Å². The molecule has 1 aromatic carbocycles. The van der Waals surface area contributed by atoms with Gasteiger partial charge in [-0.25, -0.2) is 0 Å².